The van der Waals surface area contributed by atoms with Gasteiger partial charge in [0.25, 0.3) is 5.91 Å². The Bertz CT molecular complexity index is 1330. The number of methoxy groups -OCH3 is 1. The number of nitrogens with zero attached hydrogens (tertiary/aromatic N) is 2. The van der Waals surface area contributed by atoms with Crippen LogP contribution in [0.5, 0.6) is 11.5 Å². The maximum absolute atomic E-state index is 12.3. The summed E-state index contributed by atoms with van der Waals surface area (Å²) in [6.45, 7) is 5.90. The number of aryl methyl sites for hydroxylation is 3. The van der Waals surface area contributed by atoms with Gasteiger partial charge in [0.1, 0.15) is 23.9 Å². The number of carbonyl (C=O) groups is 1. The van der Waals surface area contributed by atoms with E-state index in [2.05, 4.69) is 22.0 Å². The molecule has 4 aromatic rings. The molecule has 0 atom stereocenters. The van der Waals surface area contributed by atoms with Crippen molar-refractivity contribution in [2.75, 3.05) is 20.3 Å². The molecule has 7 heteroatoms. The molecule has 0 radical (unpaired) electrons. The number of para-hydroxylation sites is 2. The molecule has 0 saturated carbocycles. The van der Waals surface area contributed by atoms with Gasteiger partial charge in [-0.15, -0.1) is 0 Å². The Labute approximate surface area is 223 Å². The minimum Gasteiger partial charge on any atom is -0.497 e. The number of imidazole rings is 1. The highest BCUT2D eigenvalue weighted by atomic mass is 35.5. The third-order valence-corrected chi connectivity index (χ3v) is 7.04. The number of fused-ring (bicyclic) bond motifs is 1. The van der Waals surface area contributed by atoms with Crippen molar-refractivity contribution in [1.29, 1.82) is 0 Å². The number of hydrogen-bond donors (Lipinski definition) is 1. The highest BCUT2D eigenvalue weighted by molar-refractivity contribution is 6.32. The Kier molecular flexibility index (Phi) is 9.07. The van der Waals surface area contributed by atoms with E-state index in [1.165, 1.54) is 0 Å². The summed E-state index contributed by atoms with van der Waals surface area (Å²) >= 11 is 6.29. The molecule has 0 aliphatic heterocycles. The van der Waals surface area contributed by atoms with E-state index in [-0.39, 0.29) is 5.91 Å². The molecule has 0 aliphatic rings. The molecule has 37 heavy (non-hydrogen) atoms. The first kappa shape index (κ1) is 26.6. The van der Waals surface area contributed by atoms with Crippen molar-refractivity contribution < 1.29 is 14.3 Å². The van der Waals surface area contributed by atoms with Gasteiger partial charge in [-0.25, -0.2) is 4.98 Å². The smallest absolute Gasteiger partial charge is 0.251 e. The molecule has 3 aromatic carbocycles. The van der Waals surface area contributed by atoms with Gasteiger partial charge in [-0.1, -0.05) is 30.2 Å². The lowest BCUT2D eigenvalue weighted by Crippen LogP contribution is -2.24. The molecule has 1 N–H and O–H groups in total. The van der Waals surface area contributed by atoms with E-state index in [0.717, 1.165) is 70.2 Å². The zero-order valence-corrected chi connectivity index (χ0v) is 22.5. The van der Waals surface area contributed by atoms with E-state index in [0.29, 0.717) is 25.3 Å². The van der Waals surface area contributed by atoms with Crippen LogP contribution in [0.4, 0.5) is 0 Å². The van der Waals surface area contributed by atoms with E-state index in [1.54, 1.807) is 31.4 Å². The molecule has 4 rings (SSSR count). The van der Waals surface area contributed by atoms with Crippen LogP contribution < -0.4 is 14.8 Å². The average molecular weight is 520 g/mol. The summed E-state index contributed by atoms with van der Waals surface area (Å²) in [6, 6.07) is 19.3. The Morgan fingerprint density at radius 1 is 0.973 bits per heavy atom. The van der Waals surface area contributed by atoms with Crippen LogP contribution in [0.15, 0.2) is 60.7 Å². The minimum absolute atomic E-state index is 0.0597. The van der Waals surface area contributed by atoms with Gasteiger partial charge in [0.05, 0.1) is 24.7 Å². The number of unbranched alkanes of at least 4 members (excludes halogenated alkanes) is 2. The molecule has 0 spiro atoms. The molecule has 1 aromatic heterocycles. The normalized spacial score (nSPS) is 11.0. The molecule has 0 fully saturated rings. The molecule has 194 valence electrons. The lowest BCUT2D eigenvalue weighted by atomic mass is 10.1. The van der Waals surface area contributed by atoms with Gasteiger partial charge in [0.15, 0.2) is 0 Å². The van der Waals surface area contributed by atoms with Crippen LogP contribution >= 0.6 is 11.6 Å². The number of ether oxygens (including phenoxy) is 2. The first-order valence-corrected chi connectivity index (χ1v) is 13.1. The first-order chi connectivity index (χ1) is 18.0. The fraction of sp³-hybridized carbons (Fsp3) is 0.333. The van der Waals surface area contributed by atoms with Crippen LogP contribution in [0.3, 0.4) is 0 Å². The Morgan fingerprint density at radius 2 is 1.70 bits per heavy atom. The average Bonchev–Trinajstić information content (AvgIpc) is 3.26. The summed E-state index contributed by atoms with van der Waals surface area (Å²) in [5.41, 5.74) is 4.80. The van der Waals surface area contributed by atoms with Crippen molar-refractivity contribution >= 4 is 28.5 Å². The van der Waals surface area contributed by atoms with Crippen molar-refractivity contribution in [3.05, 3.63) is 88.2 Å². The van der Waals surface area contributed by atoms with Crippen LogP contribution in [0.2, 0.25) is 5.02 Å². The maximum Gasteiger partial charge on any atom is 0.251 e. The van der Waals surface area contributed by atoms with Crippen LogP contribution in [-0.4, -0.2) is 35.7 Å². The molecule has 0 aliphatic carbocycles. The molecular formula is C30H34ClN3O3. The van der Waals surface area contributed by atoms with Gasteiger partial charge in [0.2, 0.25) is 0 Å². The van der Waals surface area contributed by atoms with E-state index in [4.69, 9.17) is 26.1 Å². The van der Waals surface area contributed by atoms with E-state index >= 15 is 0 Å². The van der Waals surface area contributed by atoms with Gasteiger partial charge < -0.3 is 19.4 Å². The number of benzene rings is 3. The van der Waals surface area contributed by atoms with Gasteiger partial charge >= 0.3 is 0 Å². The lowest BCUT2D eigenvalue weighted by Gasteiger charge is -2.13. The molecular weight excluding hydrogens is 486 g/mol. The molecule has 1 heterocycles. The highest BCUT2D eigenvalue weighted by Gasteiger charge is 2.11. The number of carbonyl (C=O) groups excluding carboxylic acids is 1. The van der Waals surface area contributed by atoms with Crippen molar-refractivity contribution in [3.63, 3.8) is 0 Å². The quantitative estimate of drug-likeness (QED) is 0.216. The van der Waals surface area contributed by atoms with Gasteiger partial charge in [-0.3, -0.25) is 4.79 Å². The molecule has 6 nitrogen and oxygen atoms in total. The Balaban J connectivity index is 1.27. The second kappa shape index (κ2) is 12.6. The van der Waals surface area contributed by atoms with E-state index < -0.39 is 0 Å². The van der Waals surface area contributed by atoms with Crippen molar-refractivity contribution in [1.82, 2.24) is 14.9 Å². The van der Waals surface area contributed by atoms with Gasteiger partial charge in [-0.05, 0) is 86.3 Å². The fourth-order valence-electron chi connectivity index (χ4n) is 4.44. The Hall–Kier alpha value is -3.51. The summed E-state index contributed by atoms with van der Waals surface area (Å²) in [4.78, 5) is 17.2. The summed E-state index contributed by atoms with van der Waals surface area (Å²) < 4.78 is 13.5. The third kappa shape index (κ3) is 6.83. The highest BCUT2D eigenvalue weighted by Crippen LogP contribution is 2.26. The van der Waals surface area contributed by atoms with Gasteiger partial charge in [-0.2, -0.15) is 0 Å². The Morgan fingerprint density at radius 3 is 2.43 bits per heavy atom. The number of amides is 1. The number of aromatic nitrogens is 2. The summed E-state index contributed by atoms with van der Waals surface area (Å²) in [6.07, 6.45) is 3.80. The van der Waals surface area contributed by atoms with E-state index in [9.17, 15) is 4.79 Å². The number of halogens is 1. The zero-order chi connectivity index (χ0) is 26.2. The number of nitrogens with one attached hydrogen (secondary N) is 1. The van der Waals surface area contributed by atoms with Crippen LogP contribution in [-0.2, 0) is 13.0 Å². The predicted molar refractivity (Wildman–Crippen MR) is 149 cm³/mol. The monoisotopic (exact) mass is 519 g/mol. The van der Waals surface area contributed by atoms with Crippen molar-refractivity contribution in [2.45, 2.75) is 46.1 Å². The second-order valence-corrected chi connectivity index (χ2v) is 9.56. The SMILES string of the molecule is COc1ccc(C(=O)NCCCCCc2nc3ccccc3n2CCOc2cc(C)c(Cl)c(C)c2)cc1. The molecule has 0 unspecified atom stereocenters. The molecule has 1 amide bonds. The maximum atomic E-state index is 12.3. The first-order valence-electron chi connectivity index (χ1n) is 12.7. The lowest BCUT2D eigenvalue weighted by molar-refractivity contribution is 0.0953. The summed E-state index contributed by atoms with van der Waals surface area (Å²) in [5, 5.41) is 3.78. The van der Waals surface area contributed by atoms with Gasteiger partial charge in [0, 0.05) is 23.6 Å². The molecule has 0 bridgehead atoms. The number of rotatable bonds is 12. The number of hydrogen-bond acceptors (Lipinski definition) is 4. The summed E-state index contributed by atoms with van der Waals surface area (Å²) in [5.74, 6) is 2.58. The largest absolute Gasteiger partial charge is 0.497 e. The molecule has 0 saturated heterocycles. The zero-order valence-electron chi connectivity index (χ0n) is 21.7. The second-order valence-electron chi connectivity index (χ2n) is 9.18. The third-order valence-electron chi connectivity index (χ3n) is 6.44. The topological polar surface area (TPSA) is 65.4 Å². The minimum atomic E-state index is -0.0597. The van der Waals surface area contributed by atoms with Crippen LogP contribution in [0.1, 0.15) is 46.6 Å². The van der Waals surface area contributed by atoms with Crippen molar-refractivity contribution in [3.8, 4) is 11.5 Å². The predicted octanol–water partition coefficient (Wildman–Crippen LogP) is 6.54. The van der Waals surface area contributed by atoms with Crippen LogP contribution in [0, 0.1) is 13.8 Å². The fourth-order valence-corrected chi connectivity index (χ4v) is 4.55. The van der Waals surface area contributed by atoms with E-state index in [1.807, 2.05) is 38.1 Å². The van der Waals surface area contributed by atoms with Crippen molar-refractivity contribution in [2.24, 2.45) is 0 Å². The summed E-state index contributed by atoms with van der Waals surface area (Å²) in [7, 11) is 1.61. The van der Waals surface area contributed by atoms with Crippen LogP contribution in [0.25, 0.3) is 11.0 Å². The standard InChI is InChI=1S/C30H34ClN3O3/c1-21-19-25(20-22(2)29(21)31)37-18-17-34-27-10-7-6-9-26(27)33-28(34)11-5-4-8-16-32-30(35)23-12-14-24(36-3)15-13-23/h6-7,9-10,12-15,19-20H,4-5,8,11,16-18H2,1-3H3,(H,32,35).